The minimum absolute atomic E-state index is 0.104. The molecule has 0 spiro atoms. The van der Waals surface area contributed by atoms with Gasteiger partial charge in [0.25, 0.3) is 5.69 Å². The number of fused-ring (bicyclic) bond motifs is 1. The number of nitro benzene ring substituents is 1. The predicted octanol–water partition coefficient (Wildman–Crippen LogP) is 4.05. The number of nitro groups is 1. The SMILES string of the molecule is Cc1ccc(NC(=O)[C@H](c2ccccc2)N2CCN(Cc3cn4ccccc4n3)CC2)c([N+](=O)[O-])c1. The largest absolute Gasteiger partial charge is 0.319 e. The Labute approximate surface area is 209 Å². The minimum atomic E-state index is -0.551. The molecule has 3 heterocycles. The number of carbonyl (C=O) groups excluding carboxylic acids is 1. The van der Waals surface area contributed by atoms with E-state index in [4.69, 9.17) is 4.98 Å². The van der Waals surface area contributed by atoms with Crippen LogP contribution in [0.15, 0.2) is 79.1 Å². The Morgan fingerprint density at radius 2 is 1.81 bits per heavy atom. The molecule has 0 saturated carbocycles. The first-order chi connectivity index (χ1) is 17.5. The van der Waals surface area contributed by atoms with Crippen LogP contribution in [0.1, 0.15) is 22.9 Å². The second kappa shape index (κ2) is 10.3. The molecular formula is C27H28N6O3. The summed E-state index contributed by atoms with van der Waals surface area (Å²) in [6.07, 6.45) is 4.04. The lowest BCUT2D eigenvalue weighted by Gasteiger charge is -2.38. The van der Waals surface area contributed by atoms with Crippen molar-refractivity contribution in [3.05, 3.63) is 106 Å². The number of nitrogens with one attached hydrogen (secondary N) is 1. The quantitative estimate of drug-likeness (QED) is 0.314. The summed E-state index contributed by atoms with van der Waals surface area (Å²) in [5.74, 6) is -0.276. The van der Waals surface area contributed by atoms with Crippen molar-refractivity contribution in [2.45, 2.75) is 19.5 Å². The van der Waals surface area contributed by atoms with Crippen LogP contribution in [0.2, 0.25) is 0 Å². The number of carbonyl (C=O) groups is 1. The highest BCUT2D eigenvalue weighted by atomic mass is 16.6. The molecule has 1 N–H and O–H groups in total. The van der Waals surface area contributed by atoms with Gasteiger partial charge in [0.2, 0.25) is 5.91 Å². The monoisotopic (exact) mass is 484 g/mol. The lowest BCUT2D eigenvalue weighted by Crippen LogP contribution is -2.49. The van der Waals surface area contributed by atoms with Crippen LogP contribution in [0, 0.1) is 17.0 Å². The summed E-state index contributed by atoms with van der Waals surface area (Å²) >= 11 is 0. The maximum Gasteiger partial charge on any atom is 0.293 e. The standard InChI is InChI=1S/C27H28N6O3/c1-20-10-11-23(24(17-20)33(35)36)29-27(34)26(21-7-3-2-4-8-21)31-15-13-30(14-16-31)18-22-19-32-12-6-5-9-25(32)28-22/h2-12,17,19,26H,13-16,18H2,1H3,(H,29,34)/t26-/m0/s1. The van der Waals surface area contributed by atoms with Crippen molar-refractivity contribution in [1.82, 2.24) is 19.2 Å². The van der Waals surface area contributed by atoms with Gasteiger partial charge in [0.1, 0.15) is 17.4 Å². The molecule has 2 aromatic heterocycles. The lowest BCUT2D eigenvalue weighted by atomic mass is 10.0. The van der Waals surface area contributed by atoms with E-state index in [1.165, 1.54) is 6.07 Å². The van der Waals surface area contributed by atoms with Gasteiger partial charge >= 0.3 is 0 Å². The molecule has 0 bridgehead atoms. The number of aryl methyl sites for hydroxylation is 1. The van der Waals surface area contributed by atoms with E-state index in [2.05, 4.69) is 21.3 Å². The number of hydrogen-bond acceptors (Lipinski definition) is 6. The molecular weight excluding hydrogens is 456 g/mol. The van der Waals surface area contributed by atoms with Crippen LogP contribution in [-0.2, 0) is 11.3 Å². The highest BCUT2D eigenvalue weighted by Crippen LogP contribution is 2.29. The summed E-state index contributed by atoms with van der Waals surface area (Å²) in [5.41, 5.74) is 3.67. The number of nitrogens with zero attached hydrogens (tertiary/aromatic N) is 5. The third-order valence-corrected chi connectivity index (χ3v) is 6.54. The van der Waals surface area contributed by atoms with Crippen LogP contribution < -0.4 is 5.32 Å². The average Bonchev–Trinajstić information content (AvgIpc) is 3.29. The number of anilines is 1. The predicted molar refractivity (Wildman–Crippen MR) is 138 cm³/mol. The number of benzene rings is 2. The average molecular weight is 485 g/mol. The van der Waals surface area contributed by atoms with Gasteiger partial charge in [-0.15, -0.1) is 0 Å². The molecule has 0 radical (unpaired) electrons. The van der Waals surface area contributed by atoms with Gasteiger partial charge in [0.05, 0.1) is 10.6 Å². The fourth-order valence-electron chi connectivity index (χ4n) is 4.73. The first kappa shape index (κ1) is 23.7. The Bertz CT molecular complexity index is 1350. The zero-order chi connectivity index (χ0) is 25.1. The number of aromatic nitrogens is 2. The Morgan fingerprint density at radius 3 is 2.53 bits per heavy atom. The first-order valence-corrected chi connectivity index (χ1v) is 12.0. The topological polar surface area (TPSA) is 96.0 Å². The summed E-state index contributed by atoms with van der Waals surface area (Å²) in [7, 11) is 0. The van der Waals surface area contributed by atoms with Crippen LogP contribution in [0.25, 0.3) is 5.65 Å². The van der Waals surface area contributed by atoms with E-state index in [1.54, 1.807) is 19.1 Å². The zero-order valence-electron chi connectivity index (χ0n) is 20.1. The lowest BCUT2D eigenvalue weighted by molar-refractivity contribution is -0.384. The van der Waals surface area contributed by atoms with E-state index in [-0.39, 0.29) is 17.3 Å². The fraction of sp³-hybridized carbons (Fsp3) is 0.259. The van der Waals surface area contributed by atoms with Gasteiger partial charge in [0.15, 0.2) is 0 Å². The van der Waals surface area contributed by atoms with Crippen molar-refractivity contribution in [3.63, 3.8) is 0 Å². The van der Waals surface area contributed by atoms with E-state index in [1.807, 2.05) is 59.1 Å². The molecule has 0 aliphatic carbocycles. The highest BCUT2D eigenvalue weighted by Gasteiger charge is 2.31. The molecule has 1 amide bonds. The van der Waals surface area contributed by atoms with Crippen molar-refractivity contribution >= 4 is 22.9 Å². The molecule has 36 heavy (non-hydrogen) atoms. The Morgan fingerprint density at radius 1 is 1.06 bits per heavy atom. The zero-order valence-corrected chi connectivity index (χ0v) is 20.1. The van der Waals surface area contributed by atoms with E-state index >= 15 is 0 Å². The summed E-state index contributed by atoms with van der Waals surface area (Å²) < 4.78 is 2.02. The van der Waals surface area contributed by atoms with E-state index in [9.17, 15) is 14.9 Å². The highest BCUT2D eigenvalue weighted by molar-refractivity contribution is 5.97. The fourth-order valence-corrected chi connectivity index (χ4v) is 4.73. The van der Waals surface area contributed by atoms with Gasteiger partial charge in [-0.25, -0.2) is 4.98 Å². The molecule has 4 aromatic rings. The van der Waals surface area contributed by atoms with Crippen LogP contribution in [-0.4, -0.2) is 56.2 Å². The molecule has 2 aromatic carbocycles. The molecule has 1 saturated heterocycles. The van der Waals surface area contributed by atoms with E-state index in [0.29, 0.717) is 13.1 Å². The Kier molecular flexibility index (Phi) is 6.75. The molecule has 184 valence electrons. The normalized spacial score (nSPS) is 15.6. The maximum atomic E-state index is 13.5. The van der Waals surface area contributed by atoms with Gasteiger partial charge in [-0.3, -0.25) is 24.7 Å². The van der Waals surface area contributed by atoms with Gasteiger partial charge in [-0.1, -0.05) is 42.5 Å². The maximum absolute atomic E-state index is 13.5. The van der Waals surface area contributed by atoms with E-state index < -0.39 is 11.0 Å². The number of hydrogen-bond donors (Lipinski definition) is 1. The molecule has 9 nitrogen and oxygen atoms in total. The second-order valence-electron chi connectivity index (χ2n) is 9.09. The molecule has 1 atom stereocenters. The first-order valence-electron chi connectivity index (χ1n) is 12.0. The number of pyridine rings is 1. The van der Waals surface area contributed by atoms with Gasteiger partial charge in [-0.05, 0) is 36.2 Å². The molecule has 1 fully saturated rings. The molecule has 5 rings (SSSR count). The summed E-state index contributed by atoms with van der Waals surface area (Å²) in [6, 6.07) is 19.8. The number of imidazole rings is 1. The second-order valence-corrected chi connectivity index (χ2v) is 9.09. The third-order valence-electron chi connectivity index (χ3n) is 6.54. The van der Waals surface area contributed by atoms with Gasteiger partial charge in [-0.2, -0.15) is 0 Å². The number of rotatable bonds is 7. The van der Waals surface area contributed by atoms with Crippen molar-refractivity contribution in [2.75, 3.05) is 31.5 Å². The number of piperazine rings is 1. The van der Waals surface area contributed by atoms with Gasteiger partial charge in [0, 0.05) is 51.2 Å². The van der Waals surface area contributed by atoms with Crippen molar-refractivity contribution in [2.24, 2.45) is 0 Å². The molecule has 1 aliphatic rings. The van der Waals surface area contributed by atoms with Gasteiger partial charge < -0.3 is 9.72 Å². The van der Waals surface area contributed by atoms with Crippen molar-refractivity contribution in [1.29, 1.82) is 0 Å². The smallest absolute Gasteiger partial charge is 0.293 e. The van der Waals surface area contributed by atoms with Crippen molar-refractivity contribution in [3.8, 4) is 0 Å². The summed E-state index contributed by atoms with van der Waals surface area (Å²) in [6.45, 7) is 5.49. The Hall–Kier alpha value is -4.08. The van der Waals surface area contributed by atoms with E-state index in [0.717, 1.165) is 42.1 Å². The van der Waals surface area contributed by atoms with Crippen LogP contribution in [0.3, 0.4) is 0 Å². The summed E-state index contributed by atoms with van der Waals surface area (Å²) in [4.78, 5) is 33.8. The van der Waals surface area contributed by atoms with Crippen LogP contribution in [0.5, 0.6) is 0 Å². The molecule has 1 aliphatic heterocycles. The number of amides is 1. The minimum Gasteiger partial charge on any atom is -0.319 e. The molecule has 9 heteroatoms. The van der Waals surface area contributed by atoms with Crippen LogP contribution in [0.4, 0.5) is 11.4 Å². The van der Waals surface area contributed by atoms with Crippen molar-refractivity contribution < 1.29 is 9.72 Å². The molecule has 0 unspecified atom stereocenters. The third kappa shape index (κ3) is 5.12. The summed E-state index contributed by atoms with van der Waals surface area (Å²) in [5, 5.41) is 14.4. The Balaban J connectivity index is 1.31. The van der Waals surface area contributed by atoms with Crippen LogP contribution >= 0.6 is 0 Å².